The topological polar surface area (TPSA) is 78.8 Å². The van der Waals surface area contributed by atoms with Crippen LogP contribution in [0.4, 0.5) is 0 Å². The SMILES string of the molecule is CCNC(=NCc1ccc(OC(C)C)nc1)NCC1(CCO)CCCCC1. The van der Waals surface area contributed by atoms with Crippen molar-refractivity contribution < 1.29 is 9.84 Å². The number of rotatable bonds is 9. The summed E-state index contributed by atoms with van der Waals surface area (Å²) >= 11 is 0. The van der Waals surface area contributed by atoms with Crippen LogP contribution in [-0.4, -0.2) is 41.9 Å². The summed E-state index contributed by atoms with van der Waals surface area (Å²) in [6.07, 6.45) is 8.99. The van der Waals surface area contributed by atoms with Crippen molar-refractivity contribution in [3.63, 3.8) is 0 Å². The Labute approximate surface area is 163 Å². The highest BCUT2D eigenvalue weighted by Crippen LogP contribution is 2.38. The summed E-state index contributed by atoms with van der Waals surface area (Å²) in [6.45, 7) is 8.55. The Hall–Kier alpha value is -1.82. The second kappa shape index (κ2) is 11.1. The molecule has 0 radical (unpaired) electrons. The van der Waals surface area contributed by atoms with E-state index >= 15 is 0 Å². The summed E-state index contributed by atoms with van der Waals surface area (Å²) in [5, 5.41) is 16.3. The number of aliphatic imine (C=N–C) groups is 1. The van der Waals surface area contributed by atoms with Gasteiger partial charge in [0.2, 0.25) is 5.88 Å². The average Bonchev–Trinajstić information content (AvgIpc) is 2.66. The molecule has 6 heteroatoms. The molecule has 6 nitrogen and oxygen atoms in total. The molecule has 1 aromatic heterocycles. The molecular formula is C21H36N4O2. The molecule has 2 rings (SSSR count). The lowest BCUT2D eigenvalue weighted by atomic mass is 9.72. The maximum atomic E-state index is 9.49. The maximum absolute atomic E-state index is 9.49. The molecule has 1 saturated carbocycles. The minimum atomic E-state index is 0.122. The van der Waals surface area contributed by atoms with Crippen LogP contribution in [0.3, 0.4) is 0 Å². The van der Waals surface area contributed by atoms with Gasteiger partial charge in [0, 0.05) is 32.0 Å². The summed E-state index contributed by atoms with van der Waals surface area (Å²) in [7, 11) is 0. The van der Waals surface area contributed by atoms with Crippen LogP contribution in [0, 0.1) is 5.41 Å². The fourth-order valence-corrected chi connectivity index (χ4v) is 3.65. The minimum Gasteiger partial charge on any atom is -0.475 e. The standard InChI is InChI=1S/C21H36N4O2/c1-4-22-20(25-16-21(12-13-26)10-6-5-7-11-21)24-15-18-8-9-19(23-14-18)27-17(2)3/h8-9,14,17,26H,4-7,10-13,15-16H2,1-3H3,(H2,22,24,25). The number of nitrogens with zero attached hydrogens (tertiary/aromatic N) is 2. The molecule has 27 heavy (non-hydrogen) atoms. The fraction of sp³-hybridized carbons (Fsp3) is 0.714. The lowest BCUT2D eigenvalue weighted by Gasteiger charge is -2.37. The first-order valence-corrected chi connectivity index (χ1v) is 10.3. The van der Waals surface area contributed by atoms with Crippen LogP contribution in [0.15, 0.2) is 23.3 Å². The third kappa shape index (κ3) is 7.37. The Morgan fingerprint density at radius 1 is 1.26 bits per heavy atom. The van der Waals surface area contributed by atoms with E-state index in [9.17, 15) is 5.11 Å². The Morgan fingerprint density at radius 2 is 2.04 bits per heavy atom. The molecule has 0 spiro atoms. The molecule has 152 valence electrons. The third-order valence-electron chi connectivity index (χ3n) is 5.11. The van der Waals surface area contributed by atoms with Crippen molar-refractivity contribution in [3.8, 4) is 5.88 Å². The van der Waals surface area contributed by atoms with Crippen LogP contribution in [0.5, 0.6) is 5.88 Å². The van der Waals surface area contributed by atoms with Gasteiger partial charge in [0.05, 0.1) is 12.6 Å². The summed E-state index contributed by atoms with van der Waals surface area (Å²) in [5.41, 5.74) is 1.24. The number of aliphatic hydroxyl groups is 1. The van der Waals surface area contributed by atoms with Gasteiger partial charge >= 0.3 is 0 Å². The molecule has 3 N–H and O–H groups in total. The van der Waals surface area contributed by atoms with Crippen molar-refractivity contribution in [2.75, 3.05) is 19.7 Å². The third-order valence-corrected chi connectivity index (χ3v) is 5.11. The van der Waals surface area contributed by atoms with Gasteiger partial charge in [-0.2, -0.15) is 0 Å². The number of pyridine rings is 1. The van der Waals surface area contributed by atoms with Crippen molar-refractivity contribution in [3.05, 3.63) is 23.9 Å². The number of aliphatic hydroxyl groups excluding tert-OH is 1. The van der Waals surface area contributed by atoms with Crippen molar-refractivity contribution in [2.45, 2.75) is 71.9 Å². The largest absolute Gasteiger partial charge is 0.475 e. The predicted octanol–water partition coefficient (Wildman–Crippen LogP) is 3.26. The zero-order chi connectivity index (χ0) is 19.5. The molecule has 1 aromatic rings. The molecule has 1 heterocycles. The van der Waals surface area contributed by atoms with E-state index in [4.69, 9.17) is 9.73 Å². The van der Waals surface area contributed by atoms with Crippen LogP contribution in [0.2, 0.25) is 0 Å². The smallest absolute Gasteiger partial charge is 0.213 e. The predicted molar refractivity (Wildman–Crippen MR) is 110 cm³/mol. The van der Waals surface area contributed by atoms with Crippen molar-refractivity contribution >= 4 is 5.96 Å². The Bertz CT molecular complexity index is 561. The van der Waals surface area contributed by atoms with E-state index in [0.29, 0.717) is 12.4 Å². The first-order chi connectivity index (χ1) is 13.1. The number of ether oxygens (including phenoxy) is 1. The normalized spacial score (nSPS) is 17.0. The molecule has 1 aliphatic carbocycles. The minimum absolute atomic E-state index is 0.122. The summed E-state index contributed by atoms with van der Waals surface area (Å²) in [6, 6.07) is 3.90. The Kier molecular flexibility index (Phi) is 8.85. The van der Waals surface area contributed by atoms with E-state index in [2.05, 4.69) is 22.5 Å². The molecule has 0 aromatic carbocycles. The molecule has 0 atom stereocenters. The highest BCUT2D eigenvalue weighted by atomic mass is 16.5. The van der Waals surface area contributed by atoms with Gasteiger partial charge in [-0.25, -0.2) is 9.98 Å². The number of hydrogen-bond donors (Lipinski definition) is 3. The zero-order valence-electron chi connectivity index (χ0n) is 17.1. The average molecular weight is 377 g/mol. The van der Waals surface area contributed by atoms with Gasteiger partial charge in [0.1, 0.15) is 0 Å². The van der Waals surface area contributed by atoms with E-state index < -0.39 is 0 Å². The molecular weight excluding hydrogens is 340 g/mol. The van der Waals surface area contributed by atoms with Gasteiger partial charge in [-0.3, -0.25) is 0 Å². The van der Waals surface area contributed by atoms with Crippen molar-refractivity contribution in [1.82, 2.24) is 15.6 Å². The highest BCUT2D eigenvalue weighted by molar-refractivity contribution is 5.79. The van der Waals surface area contributed by atoms with Crippen LogP contribution in [0.25, 0.3) is 0 Å². The molecule has 0 bridgehead atoms. The van der Waals surface area contributed by atoms with Gasteiger partial charge in [0.15, 0.2) is 5.96 Å². The quantitative estimate of drug-likeness (QED) is 0.455. The number of aromatic nitrogens is 1. The second-order valence-electron chi connectivity index (χ2n) is 7.75. The zero-order valence-corrected chi connectivity index (χ0v) is 17.1. The van der Waals surface area contributed by atoms with Gasteiger partial charge in [-0.1, -0.05) is 25.3 Å². The van der Waals surface area contributed by atoms with Crippen LogP contribution >= 0.6 is 0 Å². The number of nitrogens with one attached hydrogen (secondary N) is 2. The number of hydrogen-bond acceptors (Lipinski definition) is 4. The van der Waals surface area contributed by atoms with E-state index in [-0.39, 0.29) is 18.1 Å². The number of guanidine groups is 1. The van der Waals surface area contributed by atoms with Gasteiger partial charge in [-0.15, -0.1) is 0 Å². The van der Waals surface area contributed by atoms with E-state index in [0.717, 1.165) is 31.0 Å². The summed E-state index contributed by atoms with van der Waals surface area (Å²) in [4.78, 5) is 9.04. The van der Waals surface area contributed by atoms with Gasteiger partial charge in [-0.05, 0) is 51.0 Å². The maximum Gasteiger partial charge on any atom is 0.213 e. The molecule has 0 aliphatic heterocycles. The van der Waals surface area contributed by atoms with Crippen LogP contribution < -0.4 is 15.4 Å². The summed E-state index contributed by atoms with van der Waals surface area (Å²) < 4.78 is 5.58. The molecule has 1 aliphatic rings. The first kappa shape index (κ1) is 21.5. The van der Waals surface area contributed by atoms with Crippen molar-refractivity contribution in [2.24, 2.45) is 10.4 Å². The second-order valence-corrected chi connectivity index (χ2v) is 7.75. The van der Waals surface area contributed by atoms with Crippen LogP contribution in [0.1, 0.15) is 64.9 Å². The lowest BCUT2D eigenvalue weighted by Crippen LogP contribution is -2.44. The van der Waals surface area contributed by atoms with E-state index in [1.54, 1.807) is 0 Å². The van der Waals surface area contributed by atoms with Crippen molar-refractivity contribution in [1.29, 1.82) is 0 Å². The Morgan fingerprint density at radius 3 is 2.63 bits per heavy atom. The van der Waals surface area contributed by atoms with Crippen LogP contribution in [-0.2, 0) is 6.54 Å². The van der Waals surface area contributed by atoms with E-state index in [1.807, 2.05) is 32.2 Å². The van der Waals surface area contributed by atoms with E-state index in [1.165, 1.54) is 32.1 Å². The first-order valence-electron chi connectivity index (χ1n) is 10.3. The molecule has 0 amide bonds. The Balaban J connectivity index is 1.94. The molecule has 0 unspecified atom stereocenters. The summed E-state index contributed by atoms with van der Waals surface area (Å²) in [5.74, 6) is 1.47. The monoisotopic (exact) mass is 376 g/mol. The van der Waals surface area contributed by atoms with Gasteiger partial charge < -0.3 is 20.5 Å². The fourth-order valence-electron chi connectivity index (χ4n) is 3.65. The molecule has 1 fully saturated rings. The highest BCUT2D eigenvalue weighted by Gasteiger charge is 2.31. The lowest BCUT2D eigenvalue weighted by molar-refractivity contribution is 0.131. The van der Waals surface area contributed by atoms with Gasteiger partial charge in [0.25, 0.3) is 0 Å². The molecule has 0 saturated heterocycles.